The van der Waals surface area contributed by atoms with E-state index >= 15 is 0 Å². The van der Waals surface area contributed by atoms with Gasteiger partial charge in [-0.25, -0.2) is 5.43 Å². The number of carbonyl (C=O) groups is 1. The number of carbonyl (C=O) groups excluding carboxylic acids is 1. The number of amides is 1. The molecular weight excluding hydrogens is 322 g/mol. The Morgan fingerprint density at radius 3 is 2.00 bits per heavy atom. The summed E-state index contributed by atoms with van der Waals surface area (Å²) in [6.45, 7) is 13.1. The predicted octanol–water partition coefficient (Wildman–Crippen LogP) is 4.63. The first kappa shape index (κ1) is 19.7. The van der Waals surface area contributed by atoms with Crippen LogP contribution < -0.4 is 11.2 Å². The van der Waals surface area contributed by atoms with Crippen molar-refractivity contribution in [2.24, 2.45) is 5.10 Å². The number of hydrogen-bond donors (Lipinski definition) is 2. The minimum atomic E-state index is -0.317. The van der Waals surface area contributed by atoms with Gasteiger partial charge in [0.05, 0.1) is 11.8 Å². The highest BCUT2D eigenvalue weighted by Crippen LogP contribution is 2.29. The van der Waals surface area contributed by atoms with Crippen LogP contribution in [0.1, 0.15) is 68.6 Å². The molecule has 0 radical (unpaired) electrons. The average Bonchev–Trinajstić information content (AvgIpc) is 2.53. The number of nitrogens with one attached hydrogen (secondary N) is 1. The molecule has 0 atom stereocenters. The fraction of sp³-hybridized carbons (Fsp3) is 0.364. The third-order valence-electron chi connectivity index (χ3n) is 4.27. The number of rotatable bonds is 3. The lowest BCUT2D eigenvalue weighted by molar-refractivity contribution is 0.0956. The summed E-state index contributed by atoms with van der Waals surface area (Å²) in [6, 6.07) is 13.4. The molecule has 4 nitrogen and oxygen atoms in total. The first-order chi connectivity index (χ1) is 12.0. The van der Waals surface area contributed by atoms with E-state index < -0.39 is 0 Å². The molecule has 0 aliphatic rings. The molecule has 0 aliphatic heterocycles. The lowest BCUT2D eigenvalue weighted by Gasteiger charge is -2.25. The first-order valence-electron chi connectivity index (χ1n) is 8.82. The van der Waals surface area contributed by atoms with Crippen molar-refractivity contribution >= 4 is 17.8 Å². The van der Waals surface area contributed by atoms with E-state index in [1.54, 1.807) is 30.5 Å². The highest BCUT2D eigenvalue weighted by atomic mass is 16.2. The lowest BCUT2D eigenvalue weighted by atomic mass is 9.80. The molecule has 0 saturated heterocycles. The molecule has 138 valence electrons. The fourth-order valence-corrected chi connectivity index (χ4v) is 2.52. The summed E-state index contributed by atoms with van der Waals surface area (Å²) < 4.78 is 0. The van der Waals surface area contributed by atoms with Gasteiger partial charge >= 0.3 is 0 Å². The van der Waals surface area contributed by atoms with Crippen LogP contribution in [0.5, 0.6) is 0 Å². The SMILES string of the molecule is CC(C)(C)c1cc(C=NNC(=O)c2ccccc2N)cc(C(C)(C)C)c1. The van der Waals surface area contributed by atoms with Gasteiger partial charge < -0.3 is 5.73 Å². The van der Waals surface area contributed by atoms with Crippen molar-refractivity contribution in [1.82, 2.24) is 5.43 Å². The molecule has 3 N–H and O–H groups in total. The third-order valence-corrected chi connectivity index (χ3v) is 4.27. The molecular formula is C22H29N3O. The minimum absolute atomic E-state index is 0.0333. The van der Waals surface area contributed by atoms with Gasteiger partial charge in [0.15, 0.2) is 0 Å². The van der Waals surface area contributed by atoms with Gasteiger partial charge in [-0.2, -0.15) is 5.10 Å². The molecule has 2 rings (SSSR count). The Hall–Kier alpha value is -2.62. The van der Waals surface area contributed by atoms with Crippen LogP contribution in [0.3, 0.4) is 0 Å². The molecule has 0 spiro atoms. The van der Waals surface area contributed by atoms with Crippen molar-refractivity contribution < 1.29 is 4.79 Å². The summed E-state index contributed by atoms with van der Waals surface area (Å²) in [5.41, 5.74) is 12.7. The quantitative estimate of drug-likeness (QED) is 0.481. The van der Waals surface area contributed by atoms with Crippen LogP contribution in [-0.4, -0.2) is 12.1 Å². The highest BCUT2D eigenvalue weighted by molar-refractivity contribution is 5.99. The van der Waals surface area contributed by atoms with Gasteiger partial charge in [-0.05, 0) is 51.8 Å². The molecule has 2 aromatic rings. The van der Waals surface area contributed by atoms with Crippen molar-refractivity contribution in [2.75, 3.05) is 5.73 Å². The molecule has 0 saturated carbocycles. The zero-order valence-electron chi connectivity index (χ0n) is 16.6. The number of hydrazone groups is 1. The molecule has 0 fully saturated rings. The van der Waals surface area contributed by atoms with Gasteiger partial charge in [0.25, 0.3) is 5.91 Å². The number of nitrogens with two attached hydrogens (primary N) is 1. The third kappa shape index (κ3) is 4.94. The Morgan fingerprint density at radius 2 is 1.50 bits per heavy atom. The van der Waals surface area contributed by atoms with Crippen molar-refractivity contribution in [1.29, 1.82) is 0 Å². The van der Waals surface area contributed by atoms with E-state index in [0.29, 0.717) is 11.3 Å². The van der Waals surface area contributed by atoms with Crippen molar-refractivity contribution in [3.05, 3.63) is 64.7 Å². The second kappa shape index (κ2) is 7.32. The van der Waals surface area contributed by atoms with Crippen LogP contribution in [0.2, 0.25) is 0 Å². The van der Waals surface area contributed by atoms with Crippen LogP contribution in [0.25, 0.3) is 0 Å². The lowest BCUT2D eigenvalue weighted by Crippen LogP contribution is -2.19. The zero-order chi connectivity index (χ0) is 19.5. The average molecular weight is 351 g/mol. The molecule has 0 heterocycles. The van der Waals surface area contributed by atoms with E-state index in [4.69, 9.17) is 5.73 Å². The Labute approximate surface area is 156 Å². The van der Waals surface area contributed by atoms with E-state index in [-0.39, 0.29) is 16.7 Å². The van der Waals surface area contributed by atoms with Gasteiger partial charge in [-0.15, -0.1) is 0 Å². The maximum Gasteiger partial charge on any atom is 0.273 e. The monoisotopic (exact) mass is 351 g/mol. The van der Waals surface area contributed by atoms with E-state index in [0.717, 1.165) is 5.56 Å². The summed E-state index contributed by atoms with van der Waals surface area (Å²) in [5, 5.41) is 4.13. The maximum atomic E-state index is 12.2. The standard InChI is InChI=1S/C22H29N3O/c1-21(2,3)16-11-15(12-17(13-16)22(4,5)6)14-24-25-20(26)18-9-7-8-10-19(18)23/h7-14H,23H2,1-6H3,(H,25,26). The van der Waals surface area contributed by atoms with Gasteiger partial charge in [0, 0.05) is 5.69 Å². The maximum absolute atomic E-state index is 12.2. The largest absolute Gasteiger partial charge is 0.398 e. The normalized spacial score (nSPS) is 12.4. The number of nitrogen functional groups attached to an aromatic ring is 1. The number of para-hydroxylation sites is 1. The minimum Gasteiger partial charge on any atom is -0.398 e. The number of anilines is 1. The second-order valence-electron chi connectivity index (χ2n) is 8.63. The number of benzene rings is 2. The second-order valence-corrected chi connectivity index (χ2v) is 8.63. The Morgan fingerprint density at radius 1 is 0.962 bits per heavy atom. The van der Waals surface area contributed by atoms with Gasteiger partial charge in [0.2, 0.25) is 0 Å². The van der Waals surface area contributed by atoms with E-state index in [1.807, 2.05) is 0 Å². The van der Waals surface area contributed by atoms with Gasteiger partial charge in [-0.1, -0.05) is 59.7 Å². The van der Waals surface area contributed by atoms with Crippen LogP contribution in [0.4, 0.5) is 5.69 Å². The van der Waals surface area contributed by atoms with Gasteiger partial charge in [0.1, 0.15) is 0 Å². The van der Waals surface area contributed by atoms with E-state index in [2.05, 4.69) is 70.3 Å². The van der Waals surface area contributed by atoms with Crippen molar-refractivity contribution in [2.45, 2.75) is 52.4 Å². The number of nitrogens with zero attached hydrogens (tertiary/aromatic N) is 1. The molecule has 2 aromatic carbocycles. The van der Waals surface area contributed by atoms with Crippen LogP contribution in [0.15, 0.2) is 47.6 Å². The van der Waals surface area contributed by atoms with Crippen molar-refractivity contribution in [3.63, 3.8) is 0 Å². The topological polar surface area (TPSA) is 67.5 Å². The molecule has 26 heavy (non-hydrogen) atoms. The first-order valence-corrected chi connectivity index (χ1v) is 8.82. The Kier molecular flexibility index (Phi) is 5.55. The van der Waals surface area contributed by atoms with E-state index in [9.17, 15) is 4.79 Å². The predicted molar refractivity (Wildman–Crippen MR) is 110 cm³/mol. The summed E-state index contributed by atoms with van der Waals surface area (Å²) in [7, 11) is 0. The Balaban J connectivity index is 2.27. The Bertz CT molecular complexity index is 792. The van der Waals surface area contributed by atoms with Crippen LogP contribution in [-0.2, 0) is 10.8 Å². The summed E-state index contributed by atoms with van der Waals surface area (Å²) in [6.07, 6.45) is 1.68. The van der Waals surface area contributed by atoms with E-state index in [1.165, 1.54) is 11.1 Å². The van der Waals surface area contributed by atoms with Gasteiger partial charge in [-0.3, -0.25) is 4.79 Å². The molecule has 0 aliphatic carbocycles. The van der Waals surface area contributed by atoms with Crippen molar-refractivity contribution in [3.8, 4) is 0 Å². The molecule has 0 bridgehead atoms. The zero-order valence-corrected chi connectivity index (χ0v) is 16.6. The van der Waals surface area contributed by atoms with Crippen LogP contribution >= 0.6 is 0 Å². The molecule has 1 amide bonds. The number of hydrogen-bond acceptors (Lipinski definition) is 3. The smallest absolute Gasteiger partial charge is 0.273 e. The summed E-state index contributed by atoms with van der Waals surface area (Å²) in [4.78, 5) is 12.2. The summed E-state index contributed by atoms with van der Waals surface area (Å²) >= 11 is 0. The molecule has 0 aromatic heterocycles. The summed E-state index contributed by atoms with van der Waals surface area (Å²) in [5.74, 6) is -0.317. The molecule has 4 heteroatoms. The molecule has 0 unspecified atom stereocenters. The van der Waals surface area contributed by atoms with Crippen LogP contribution in [0, 0.1) is 0 Å². The fourth-order valence-electron chi connectivity index (χ4n) is 2.52. The highest BCUT2D eigenvalue weighted by Gasteiger charge is 2.20.